The molecule has 1 aromatic carbocycles. The van der Waals surface area contributed by atoms with Gasteiger partial charge in [-0.05, 0) is 44.4 Å². The standard InChI is InChI=1S/C16H19N3O2/c1-10-5-4-6-14(11(10)2)16(20)19-8-7-13(9-19)15-17-12(3)18-21-15/h4-6,13H,7-9H2,1-3H3. The topological polar surface area (TPSA) is 59.2 Å². The van der Waals surface area contributed by atoms with Crippen LogP contribution in [0.5, 0.6) is 0 Å². The maximum Gasteiger partial charge on any atom is 0.254 e. The van der Waals surface area contributed by atoms with E-state index in [0.717, 1.165) is 29.7 Å². The minimum atomic E-state index is 0.0925. The zero-order valence-electron chi connectivity index (χ0n) is 12.6. The number of nitrogens with zero attached hydrogens (tertiary/aromatic N) is 3. The van der Waals surface area contributed by atoms with Gasteiger partial charge < -0.3 is 9.42 Å². The van der Waals surface area contributed by atoms with Crippen molar-refractivity contribution < 1.29 is 9.32 Å². The summed E-state index contributed by atoms with van der Waals surface area (Å²) in [7, 11) is 0. The van der Waals surface area contributed by atoms with Gasteiger partial charge in [0.15, 0.2) is 5.82 Å². The second-order valence-electron chi connectivity index (χ2n) is 5.66. The van der Waals surface area contributed by atoms with Crippen molar-refractivity contribution in [2.45, 2.75) is 33.1 Å². The zero-order chi connectivity index (χ0) is 15.0. The van der Waals surface area contributed by atoms with Crippen molar-refractivity contribution in [2.75, 3.05) is 13.1 Å². The first-order valence-corrected chi connectivity index (χ1v) is 7.22. The van der Waals surface area contributed by atoms with Gasteiger partial charge in [0, 0.05) is 18.7 Å². The molecule has 1 unspecified atom stereocenters. The third-order valence-electron chi connectivity index (χ3n) is 4.20. The molecule has 21 heavy (non-hydrogen) atoms. The third kappa shape index (κ3) is 2.55. The lowest BCUT2D eigenvalue weighted by Gasteiger charge is -2.18. The first-order chi connectivity index (χ1) is 10.1. The van der Waals surface area contributed by atoms with Crippen LogP contribution in [0.25, 0.3) is 0 Å². The van der Waals surface area contributed by atoms with Crippen molar-refractivity contribution in [3.63, 3.8) is 0 Å². The molecule has 110 valence electrons. The lowest BCUT2D eigenvalue weighted by atomic mass is 10.0. The molecular weight excluding hydrogens is 266 g/mol. The normalized spacial score (nSPS) is 18.2. The van der Waals surface area contributed by atoms with Gasteiger partial charge >= 0.3 is 0 Å². The van der Waals surface area contributed by atoms with Crippen LogP contribution in [0.3, 0.4) is 0 Å². The first kappa shape index (κ1) is 13.8. The van der Waals surface area contributed by atoms with Crippen molar-refractivity contribution >= 4 is 5.91 Å². The highest BCUT2D eigenvalue weighted by Gasteiger charge is 2.31. The maximum absolute atomic E-state index is 12.7. The van der Waals surface area contributed by atoms with E-state index >= 15 is 0 Å². The Morgan fingerprint density at radius 3 is 2.86 bits per heavy atom. The van der Waals surface area contributed by atoms with E-state index in [4.69, 9.17) is 4.52 Å². The van der Waals surface area contributed by atoms with Crippen LogP contribution in [0.2, 0.25) is 0 Å². The van der Waals surface area contributed by atoms with E-state index in [2.05, 4.69) is 10.1 Å². The molecule has 5 nitrogen and oxygen atoms in total. The molecule has 0 bridgehead atoms. The van der Waals surface area contributed by atoms with Crippen molar-refractivity contribution in [3.8, 4) is 0 Å². The average Bonchev–Trinajstić information content (AvgIpc) is 3.09. The number of carbonyl (C=O) groups excluding carboxylic acids is 1. The second kappa shape index (κ2) is 5.31. The molecule has 1 aliphatic heterocycles. The summed E-state index contributed by atoms with van der Waals surface area (Å²) in [6, 6.07) is 5.86. The maximum atomic E-state index is 12.7. The average molecular weight is 285 g/mol. The summed E-state index contributed by atoms with van der Waals surface area (Å²) < 4.78 is 5.23. The van der Waals surface area contributed by atoms with E-state index in [1.165, 1.54) is 0 Å². The Labute approximate surface area is 124 Å². The minimum absolute atomic E-state index is 0.0925. The van der Waals surface area contributed by atoms with Crippen LogP contribution in [-0.4, -0.2) is 34.0 Å². The number of benzene rings is 1. The molecule has 5 heteroatoms. The Balaban J connectivity index is 1.77. The summed E-state index contributed by atoms with van der Waals surface area (Å²) in [5.41, 5.74) is 2.99. The zero-order valence-corrected chi connectivity index (χ0v) is 12.6. The number of aromatic nitrogens is 2. The summed E-state index contributed by atoms with van der Waals surface area (Å²) in [6.45, 7) is 7.21. The highest BCUT2D eigenvalue weighted by molar-refractivity contribution is 5.96. The highest BCUT2D eigenvalue weighted by atomic mass is 16.5. The van der Waals surface area contributed by atoms with E-state index in [1.807, 2.05) is 36.9 Å². The van der Waals surface area contributed by atoms with E-state index < -0.39 is 0 Å². The Hall–Kier alpha value is -2.17. The first-order valence-electron chi connectivity index (χ1n) is 7.22. The molecular formula is C16H19N3O2. The van der Waals surface area contributed by atoms with Crippen LogP contribution in [0.4, 0.5) is 0 Å². The number of hydrogen-bond donors (Lipinski definition) is 0. The quantitative estimate of drug-likeness (QED) is 0.851. The predicted molar refractivity (Wildman–Crippen MR) is 78.2 cm³/mol. The monoisotopic (exact) mass is 285 g/mol. The Kier molecular flexibility index (Phi) is 3.49. The van der Waals surface area contributed by atoms with Crippen molar-refractivity contribution in [1.82, 2.24) is 15.0 Å². The molecule has 1 aromatic heterocycles. The van der Waals surface area contributed by atoms with E-state index in [9.17, 15) is 4.79 Å². The number of aryl methyl sites for hydroxylation is 2. The molecule has 2 aromatic rings. The molecule has 0 N–H and O–H groups in total. The van der Waals surface area contributed by atoms with Crippen LogP contribution in [-0.2, 0) is 0 Å². The van der Waals surface area contributed by atoms with Gasteiger partial charge in [-0.3, -0.25) is 4.79 Å². The lowest BCUT2D eigenvalue weighted by Crippen LogP contribution is -2.29. The van der Waals surface area contributed by atoms with Crippen molar-refractivity contribution in [1.29, 1.82) is 0 Å². The van der Waals surface area contributed by atoms with Gasteiger partial charge in [-0.25, -0.2) is 0 Å². The Bertz CT molecular complexity index is 678. The van der Waals surface area contributed by atoms with Gasteiger partial charge in [-0.1, -0.05) is 17.3 Å². The molecule has 1 atom stereocenters. The predicted octanol–water partition coefficient (Wildman–Crippen LogP) is 2.62. The third-order valence-corrected chi connectivity index (χ3v) is 4.20. The minimum Gasteiger partial charge on any atom is -0.339 e. The molecule has 1 amide bonds. The molecule has 1 aliphatic rings. The van der Waals surface area contributed by atoms with Gasteiger partial charge in [0.25, 0.3) is 5.91 Å². The van der Waals surface area contributed by atoms with Crippen LogP contribution in [0.15, 0.2) is 22.7 Å². The van der Waals surface area contributed by atoms with Crippen LogP contribution < -0.4 is 0 Å². The molecule has 2 heterocycles. The summed E-state index contributed by atoms with van der Waals surface area (Å²) >= 11 is 0. The number of carbonyl (C=O) groups is 1. The lowest BCUT2D eigenvalue weighted by molar-refractivity contribution is 0.0789. The van der Waals surface area contributed by atoms with Gasteiger partial charge in [-0.2, -0.15) is 4.98 Å². The molecule has 0 spiro atoms. The fourth-order valence-electron chi connectivity index (χ4n) is 2.78. The van der Waals surface area contributed by atoms with Crippen LogP contribution in [0.1, 0.15) is 45.5 Å². The molecule has 0 radical (unpaired) electrons. The number of likely N-dealkylation sites (tertiary alicyclic amines) is 1. The van der Waals surface area contributed by atoms with E-state index in [0.29, 0.717) is 18.3 Å². The molecule has 1 saturated heterocycles. The smallest absolute Gasteiger partial charge is 0.254 e. The molecule has 0 aliphatic carbocycles. The second-order valence-corrected chi connectivity index (χ2v) is 5.66. The summed E-state index contributed by atoms with van der Waals surface area (Å²) in [5, 5.41) is 3.83. The van der Waals surface area contributed by atoms with Crippen molar-refractivity contribution in [3.05, 3.63) is 46.6 Å². The van der Waals surface area contributed by atoms with Crippen molar-refractivity contribution in [2.24, 2.45) is 0 Å². The molecule has 0 saturated carbocycles. The fraction of sp³-hybridized carbons (Fsp3) is 0.438. The highest BCUT2D eigenvalue weighted by Crippen LogP contribution is 2.27. The summed E-state index contributed by atoms with van der Waals surface area (Å²) in [4.78, 5) is 18.8. The van der Waals surface area contributed by atoms with Gasteiger partial charge in [0.2, 0.25) is 5.89 Å². The van der Waals surface area contributed by atoms with Gasteiger partial charge in [-0.15, -0.1) is 0 Å². The summed E-state index contributed by atoms with van der Waals surface area (Å²) in [5.74, 6) is 1.53. The summed E-state index contributed by atoms with van der Waals surface area (Å²) in [6.07, 6.45) is 0.873. The molecule has 1 fully saturated rings. The molecule has 3 rings (SSSR count). The largest absolute Gasteiger partial charge is 0.339 e. The van der Waals surface area contributed by atoms with Gasteiger partial charge in [0.1, 0.15) is 0 Å². The van der Waals surface area contributed by atoms with Crippen LogP contribution in [0, 0.1) is 20.8 Å². The van der Waals surface area contributed by atoms with Crippen LogP contribution >= 0.6 is 0 Å². The number of amides is 1. The Morgan fingerprint density at radius 2 is 2.14 bits per heavy atom. The van der Waals surface area contributed by atoms with E-state index in [1.54, 1.807) is 6.92 Å². The Morgan fingerprint density at radius 1 is 1.33 bits per heavy atom. The fourth-order valence-corrected chi connectivity index (χ4v) is 2.78. The number of rotatable bonds is 2. The van der Waals surface area contributed by atoms with E-state index in [-0.39, 0.29) is 11.8 Å². The van der Waals surface area contributed by atoms with Gasteiger partial charge in [0.05, 0.1) is 5.92 Å². The SMILES string of the molecule is Cc1noc(C2CCN(C(=O)c3cccc(C)c3C)C2)n1. The number of hydrogen-bond acceptors (Lipinski definition) is 4.